The first kappa shape index (κ1) is 14.5. The molecule has 0 radical (unpaired) electrons. The Kier molecular flexibility index (Phi) is 4.38. The Morgan fingerprint density at radius 1 is 1.33 bits per heavy atom. The monoisotopic (exact) mass is 260 g/mol. The van der Waals surface area contributed by atoms with Crippen molar-refractivity contribution < 1.29 is 23.1 Å². The fraction of sp³-hybridized carbons (Fsp3) is 0.462. The van der Waals surface area contributed by atoms with Gasteiger partial charge in [0.15, 0.2) is 0 Å². The lowest BCUT2D eigenvalue weighted by atomic mass is 9.90. The maximum Gasteiger partial charge on any atom is 0.416 e. The molecule has 100 valence electrons. The summed E-state index contributed by atoms with van der Waals surface area (Å²) in [5.41, 5.74) is 0.183. The van der Waals surface area contributed by atoms with Crippen molar-refractivity contribution in [2.24, 2.45) is 0 Å². The summed E-state index contributed by atoms with van der Waals surface area (Å²) in [5, 5.41) is 9.05. The number of aliphatic carboxylic acids is 1. The van der Waals surface area contributed by atoms with Crippen LogP contribution >= 0.6 is 0 Å². The van der Waals surface area contributed by atoms with Gasteiger partial charge in [-0.25, -0.2) is 0 Å². The highest BCUT2D eigenvalue weighted by Gasteiger charge is 2.31. The average Bonchev–Trinajstić information content (AvgIpc) is 2.28. The normalized spacial score (nSPS) is 13.4. The molecule has 0 aliphatic heterocycles. The molecule has 1 atom stereocenters. The number of carboxylic acid groups (broad SMARTS) is 1. The van der Waals surface area contributed by atoms with Crippen LogP contribution in [0.1, 0.15) is 42.9 Å². The van der Waals surface area contributed by atoms with Gasteiger partial charge in [0.25, 0.3) is 0 Å². The van der Waals surface area contributed by atoms with Crippen molar-refractivity contribution in [3.63, 3.8) is 0 Å². The van der Waals surface area contributed by atoms with E-state index in [1.165, 1.54) is 6.07 Å². The topological polar surface area (TPSA) is 37.3 Å². The van der Waals surface area contributed by atoms with E-state index in [-0.39, 0.29) is 0 Å². The number of carbonyl (C=O) groups is 1. The smallest absolute Gasteiger partial charge is 0.416 e. The molecule has 0 saturated carbocycles. The molecule has 1 unspecified atom stereocenters. The second kappa shape index (κ2) is 5.42. The average molecular weight is 260 g/mol. The van der Waals surface area contributed by atoms with E-state index >= 15 is 0 Å². The van der Waals surface area contributed by atoms with Gasteiger partial charge in [0, 0.05) is 0 Å². The third kappa shape index (κ3) is 3.03. The van der Waals surface area contributed by atoms with Crippen LogP contribution in [0.2, 0.25) is 0 Å². The highest BCUT2D eigenvalue weighted by molar-refractivity contribution is 5.76. The lowest BCUT2D eigenvalue weighted by Crippen LogP contribution is -2.14. The summed E-state index contributed by atoms with van der Waals surface area (Å²) in [5.74, 6) is -1.76. The minimum atomic E-state index is -4.40. The van der Waals surface area contributed by atoms with Gasteiger partial charge in [0.2, 0.25) is 0 Å². The zero-order valence-corrected chi connectivity index (χ0v) is 10.2. The maximum atomic E-state index is 12.6. The van der Waals surface area contributed by atoms with Gasteiger partial charge < -0.3 is 5.11 Å². The summed E-state index contributed by atoms with van der Waals surface area (Å²) in [6.07, 6.45) is -3.66. The van der Waals surface area contributed by atoms with Crippen LogP contribution in [0.3, 0.4) is 0 Å². The van der Waals surface area contributed by atoms with Crippen LogP contribution < -0.4 is 0 Å². The van der Waals surface area contributed by atoms with Gasteiger partial charge in [-0.05, 0) is 36.1 Å². The van der Waals surface area contributed by atoms with E-state index in [0.29, 0.717) is 24.0 Å². The fourth-order valence-corrected chi connectivity index (χ4v) is 1.96. The SMILES string of the molecule is CCc1cc(C(F)(F)F)ccc1C(CC)C(=O)O. The fourth-order valence-electron chi connectivity index (χ4n) is 1.96. The van der Waals surface area contributed by atoms with Gasteiger partial charge in [0.1, 0.15) is 0 Å². The molecule has 1 N–H and O–H groups in total. The van der Waals surface area contributed by atoms with E-state index in [9.17, 15) is 18.0 Å². The molecule has 0 bridgehead atoms. The van der Waals surface area contributed by atoms with Crippen molar-refractivity contribution in [1.82, 2.24) is 0 Å². The molecule has 0 saturated heterocycles. The van der Waals surface area contributed by atoms with Crippen LogP contribution in [-0.4, -0.2) is 11.1 Å². The number of aryl methyl sites for hydroxylation is 1. The molecule has 1 aromatic carbocycles. The summed E-state index contributed by atoms with van der Waals surface area (Å²) in [6.45, 7) is 3.42. The number of carboxylic acids is 1. The van der Waals surface area contributed by atoms with Gasteiger partial charge in [-0.2, -0.15) is 13.2 Å². The zero-order chi connectivity index (χ0) is 13.9. The van der Waals surface area contributed by atoms with Gasteiger partial charge in [-0.15, -0.1) is 0 Å². The van der Waals surface area contributed by atoms with Crippen LogP contribution in [0.4, 0.5) is 13.2 Å². The quantitative estimate of drug-likeness (QED) is 0.892. The third-order valence-corrected chi connectivity index (χ3v) is 2.93. The van der Waals surface area contributed by atoms with E-state index in [2.05, 4.69) is 0 Å². The molecule has 0 aliphatic carbocycles. The minimum absolute atomic E-state index is 0.355. The molecule has 2 nitrogen and oxygen atoms in total. The van der Waals surface area contributed by atoms with Crippen molar-refractivity contribution in [1.29, 1.82) is 0 Å². The Balaban J connectivity index is 3.27. The highest BCUT2D eigenvalue weighted by atomic mass is 19.4. The van der Waals surface area contributed by atoms with Crippen molar-refractivity contribution in [2.75, 3.05) is 0 Å². The lowest BCUT2D eigenvalue weighted by molar-refractivity contribution is -0.139. The molecule has 0 amide bonds. The van der Waals surface area contributed by atoms with E-state index in [1.807, 2.05) is 0 Å². The molecular formula is C13H15F3O2. The van der Waals surface area contributed by atoms with Crippen LogP contribution in [0.15, 0.2) is 18.2 Å². The first-order valence-electron chi connectivity index (χ1n) is 5.74. The predicted molar refractivity (Wildman–Crippen MR) is 61.5 cm³/mol. The Hall–Kier alpha value is -1.52. The summed E-state index contributed by atoms with van der Waals surface area (Å²) in [7, 11) is 0. The van der Waals surface area contributed by atoms with Gasteiger partial charge in [-0.3, -0.25) is 4.79 Å². The largest absolute Gasteiger partial charge is 0.481 e. The predicted octanol–water partition coefficient (Wildman–Crippen LogP) is 3.85. The standard InChI is InChI=1S/C13H15F3O2/c1-3-8-7-9(13(14,15)16)5-6-11(8)10(4-2)12(17)18/h5-7,10H,3-4H2,1-2H3,(H,17,18). The van der Waals surface area contributed by atoms with Crippen molar-refractivity contribution in [2.45, 2.75) is 38.8 Å². The van der Waals surface area contributed by atoms with Crippen molar-refractivity contribution >= 4 is 5.97 Å². The molecule has 0 heterocycles. The number of hydrogen-bond acceptors (Lipinski definition) is 1. The van der Waals surface area contributed by atoms with E-state index in [4.69, 9.17) is 5.11 Å². The molecule has 1 aromatic rings. The van der Waals surface area contributed by atoms with Gasteiger partial charge >= 0.3 is 12.1 Å². The van der Waals surface area contributed by atoms with E-state index in [1.54, 1.807) is 13.8 Å². The number of benzene rings is 1. The lowest BCUT2D eigenvalue weighted by Gasteiger charge is -2.17. The Morgan fingerprint density at radius 2 is 1.94 bits per heavy atom. The molecule has 0 spiro atoms. The van der Waals surface area contributed by atoms with Crippen molar-refractivity contribution in [3.05, 3.63) is 34.9 Å². The zero-order valence-electron chi connectivity index (χ0n) is 10.2. The van der Waals surface area contributed by atoms with Crippen LogP contribution in [0.5, 0.6) is 0 Å². The van der Waals surface area contributed by atoms with Crippen LogP contribution in [0, 0.1) is 0 Å². The number of rotatable bonds is 4. The van der Waals surface area contributed by atoms with Crippen LogP contribution in [0.25, 0.3) is 0 Å². The first-order valence-corrected chi connectivity index (χ1v) is 5.74. The third-order valence-electron chi connectivity index (χ3n) is 2.93. The summed E-state index contributed by atoms with van der Waals surface area (Å²) in [4.78, 5) is 11.1. The summed E-state index contributed by atoms with van der Waals surface area (Å²) in [6, 6.07) is 3.27. The molecule has 1 rings (SSSR count). The van der Waals surface area contributed by atoms with E-state index < -0.39 is 23.6 Å². The molecule has 5 heteroatoms. The summed E-state index contributed by atoms with van der Waals surface area (Å²) < 4.78 is 37.7. The molecule has 18 heavy (non-hydrogen) atoms. The molecular weight excluding hydrogens is 245 g/mol. The van der Waals surface area contributed by atoms with Crippen molar-refractivity contribution in [3.8, 4) is 0 Å². The summed E-state index contributed by atoms with van der Waals surface area (Å²) >= 11 is 0. The number of alkyl halides is 3. The highest BCUT2D eigenvalue weighted by Crippen LogP contribution is 2.33. The number of hydrogen-bond donors (Lipinski definition) is 1. The molecule has 0 aromatic heterocycles. The van der Waals surface area contributed by atoms with Crippen LogP contribution in [-0.2, 0) is 17.4 Å². The van der Waals surface area contributed by atoms with E-state index in [0.717, 1.165) is 12.1 Å². The maximum absolute atomic E-state index is 12.6. The van der Waals surface area contributed by atoms with Gasteiger partial charge in [-0.1, -0.05) is 19.9 Å². The second-order valence-corrected chi connectivity index (χ2v) is 4.06. The second-order valence-electron chi connectivity index (χ2n) is 4.06. The van der Waals surface area contributed by atoms with Gasteiger partial charge in [0.05, 0.1) is 11.5 Å². The minimum Gasteiger partial charge on any atom is -0.481 e. The Labute approximate surface area is 103 Å². The Bertz CT molecular complexity index is 438. The number of halogens is 3. The first-order chi connectivity index (χ1) is 8.31. The Morgan fingerprint density at radius 3 is 2.33 bits per heavy atom. The molecule has 0 aliphatic rings. The molecule has 0 fully saturated rings.